The van der Waals surface area contributed by atoms with E-state index < -0.39 is 10.0 Å². The van der Waals surface area contributed by atoms with Crippen LogP contribution in [0.15, 0.2) is 30.3 Å². The van der Waals surface area contributed by atoms with Crippen molar-refractivity contribution in [3.8, 4) is 0 Å². The highest BCUT2D eigenvalue weighted by Crippen LogP contribution is 2.04. The first-order valence-corrected chi connectivity index (χ1v) is 7.43. The van der Waals surface area contributed by atoms with Gasteiger partial charge in [0.15, 0.2) is 5.11 Å². The number of hydrogen-bond donors (Lipinski definition) is 2. The first kappa shape index (κ1) is 14.9. The molecule has 1 rings (SSSR count). The van der Waals surface area contributed by atoms with Gasteiger partial charge in [0.1, 0.15) is 0 Å². The van der Waals surface area contributed by atoms with E-state index in [1.54, 1.807) is 0 Å². The fourth-order valence-corrected chi connectivity index (χ4v) is 2.12. The fraction of sp³-hybridized carbons (Fsp3) is 0.364. The Bertz CT molecular complexity index is 486. The number of sulfonamides is 1. The molecule has 18 heavy (non-hydrogen) atoms. The zero-order valence-corrected chi connectivity index (χ0v) is 12.0. The Morgan fingerprint density at radius 1 is 1.28 bits per heavy atom. The third-order valence-corrected chi connectivity index (χ3v) is 4.31. The van der Waals surface area contributed by atoms with E-state index in [0.29, 0.717) is 5.11 Å². The van der Waals surface area contributed by atoms with Gasteiger partial charge in [0.2, 0.25) is 10.0 Å². The van der Waals surface area contributed by atoms with Crippen LogP contribution in [0.3, 0.4) is 0 Å². The summed E-state index contributed by atoms with van der Waals surface area (Å²) in [4.78, 5) is 0. The minimum atomic E-state index is -3.18. The van der Waals surface area contributed by atoms with Crippen molar-refractivity contribution < 1.29 is 8.42 Å². The summed E-state index contributed by atoms with van der Waals surface area (Å²) >= 11 is 5.06. The molecule has 0 bridgehead atoms. The normalized spacial score (nSPS) is 11.3. The monoisotopic (exact) mass is 287 g/mol. The maximum atomic E-state index is 11.5. The first-order valence-electron chi connectivity index (χ1n) is 5.42. The second kappa shape index (κ2) is 6.67. The Hall–Kier alpha value is -1.18. The van der Waals surface area contributed by atoms with Gasteiger partial charge in [-0.15, -0.1) is 0 Å². The highest BCUT2D eigenvalue weighted by atomic mass is 32.2. The van der Waals surface area contributed by atoms with Crippen molar-refractivity contribution in [2.24, 2.45) is 0 Å². The lowest BCUT2D eigenvalue weighted by Crippen LogP contribution is -2.35. The molecule has 0 radical (unpaired) electrons. The molecule has 1 aromatic carbocycles. The Kier molecular flexibility index (Phi) is 5.52. The molecule has 2 N–H and O–H groups in total. The molecule has 0 heterocycles. The first-order chi connectivity index (χ1) is 8.42. The van der Waals surface area contributed by atoms with Crippen molar-refractivity contribution in [2.75, 3.05) is 31.7 Å². The number of hydrogen-bond acceptors (Lipinski definition) is 3. The maximum absolute atomic E-state index is 11.5. The smallest absolute Gasteiger partial charge is 0.215 e. The van der Waals surface area contributed by atoms with Crippen LogP contribution in [-0.4, -0.2) is 44.2 Å². The van der Waals surface area contributed by atoms with Crippen molar-refractivity contribution >= 4 is 33.0 Å². The van der Waals surface area contributed by atoms with Crippen LogP contribution in [0.1, 0.15) is 0 Å². The number of para-hydroxylation sites is 1. The highest BCUT2D eigenvalue weighted by Gasteiger charge is 2.12. The van der Waals surface area contributed by atoms with Crippen LogP contribution in [0.5, 0.6) is 0 Å². The zero-order chi connectivity index (χ0) is 13.6. The van der Waals surface area contributed by atoms with Crippen molar-refractivity contribution in [3.05, 3.63) is 30.3 Å². The molecule has 0 saturated heterocycles. The van der Waals surface area contributed by atoms with E-state index in [1.807, 2.05) is 30.3 Å². The summed E-state index contributed by atoms with van der Waals surface area (Å²) in [6, 6.07) is 9.45. The largest absolute Gasteiger partial charge is 0.361 e. The molecule has 1 aromatic rings. The average molecular weight is 287 g/mol. The van der Waals surface area contributed by atoms with Crippen LogP contribution in [0.4, 0.5) is 5.69 Å². The van der Waals surface area contributed by atoms with Crippen LogP contribution in [0.2, 0.25) is 0 Å². The minimum absolute atomic E-state index is 0.0105. The van der Waals surface area contributed by atoms with E-state index in [9.17, 15) is 8.42 Å². The van der Waals surface area contributed by atoms with Gasteiger partial charge in [0.25, 0.3) is 0 Å². The summed E-state index contributed by atoms with van der Waals surface area (Å²) in [5.41, 5.74) is 0.866. The Labute approximate surface area is 113 Å². The van der Waals surface area contributed by atoms with Gasteiger partial charge in [-0.05, 0) is 24.4 Å². The van der Waals surface area contributed by atoms with Gasteiger partial charge < -0.3 is 10.6 Å². The van der Waals surface area contributed by atoms with E-state index in [0.717, 1.165) is 5.69 Å². The van der Waals surface area contributed by atoms with Gasteiger partial charge in [0.05, 0.1) is 5.75 Å². The molecule has 0 fully saturated rings. The Morgan fingerprint density at radius 3 is 2.44 bits per heavy atom. The predicted octanol–water partition coefficient (Wildman–Crippen LogP) is 0.864. The summed E-state index contributed by atoms with van der Waals surface area (Å²) in [7, 11) is -0.164. The number of benzene rings is 1. The van der Waals surface area contributed by atoms with E-state index in [4.69, 9.17) is 12.2 Å². The average Bonchev–Trinajstić information content (AvgIpc) is 2.29. The number of anilines is 1. The third kappa shape index (κ3) is 4.99. The molecule has 0 aliphatic rings. The van der Waals surface area contributed by atoms with E-state index in [1.165, 1.54) is 18.4 Å². The topological polar surface area (TPSA) is 61.4 Å². The van der Waals surface area contributed by atoms with Gasteiger partial charge in [-0.2, -0.15) is 0 Å². The van der Waals surface area contributed by atoms with Crippen LogP contribution in [0.25, 0.3) is 0 Å². The Balaban J connectivity index is 2.35. The summed E-state index contributed by atoms with van der Waals surface area (Å²) in [5, 5.41) is 6.24. The molecule has 0 spiro atoms. The molecule has 0 unspecified atom stereocenters. The van der Waals surface area contributed by atoms with Crippen molar-refractivity contribution in [2.45, 2.75) is 0 Å². The van der Waals surface area contributed by atoms with Gasteiger partial charge in [-0.3, -0.25) is 0 Å². The van der Waals surface area contributed by atoms with Gasteiger partial charge in [0, 0.05) is 26.3 Å². The second-order valence-corrected chi connectivity index (χ2v) is 6.56. The number of nitrogens with one attached hydrogen (secondary N) is 2. The molecule has 0 atom stereocenters. The molecule has 0 aliphatic heterocycles. The van der Waals surface area contributed by atoms with Gasteiger partial charge in [-0.1, -0.05) is 18.2 Å². The van der Waals surface area contributed by atoms with Crippen LogP contribution >= 0.6 is 12.2 Å². The van der Waals surface area contributed by atoms with Crippen LogP contribution < -0.4 is 10.6 Å². The Morgan fingerprint density at radius 2 is 1.89 bits per heavy atom. The van der Waals surface area contributed by atoms with Gasteiger partial charge in [-0.25, -0.2) is 12.7 Å². The van der Waals surface area contributed by atoms with Crippen LogP contribution in [0, 0.1) is 0 Å². The second-order valence-electron chi connectivity index (χ2n) is 3.85. The SMILES string of the molecule is CN(C)S(=O)(=O)CCNC(=S)Nc1ccccc1. The maximum Gasteiger partial charge on any atom is 0.215 e. The lowest BCUT2D eigenvalue weighted by molar-refractivity contribution is 0.520. The highest BCUT2D eigenvalue weighted by molar-refractivity contribution is 7.89. The van der Waals surface area contributed by atoms with Crippen molar-refractivity contribution in [1.29, 1.82) is 0 Å². The molecule has 5 nitrogen and oxygen atoms in total. The number of nitrogens with zero attached hydrogens (tertiary/aromatic N) is 1. The summed E-state index contributed by atoms with van der Waals surface area (Å²) in [6.45, 7) is 0.277. The van der Waals surface area contributed by atoms with Crippen molar-refractivity contribution in [3.63, 3.8) is 0 Å². The molecule has 7 heteroatoms. The minimum Gasteiger partial charge on any atom is -0.361 e. The summed E-state index contributed by atoms with van der Waals surface area (Å²) in [5.74, 6) is 0.0105. The van der Waals surface area contributed by atoms with Crippen molar-refractivity contribution in [1.82, 2.24) is 9.62 Å². The van der Waals surface area contributed by atoms with E-state index in [2.05, 4.69) is 10.6 Å². The quantitative estimate of drug-likeness (QED) is 0.787. The summed E-state index contributed by atoms with van der Waals surface area (Å²) in [6.07, 6.45) is 0. The zero-order valence-electron chi connectivity index (χ0n) is 10.4. The summed E-state index contributed by atoms with van der Waals surface area (Å²) < 4.78 is 24.2. The molecular weight excluding hydrogens is 270 g/mol. The van der Waals surface area contributed by atoms with Gasteiger partial charge >= 0.3 is 0 Å². The fourth-order valence-electron chi connectivity index (χ4n) is 1.17. The molecule has 0 saturated carbocycles. The predicted molar refractivity (Wildman–Crippen MR) is 78.1 cm³/mol. The lowest BCUT2D eigenvalue weighted by atomic mass is 10.3. The van der Waals surface area contributed by atoms with E-state index >= 15 is 0 Å². The molecule has 0 aliphatic carbocycles. The molecule has 0 amide bonds. The molecule has 100 valence electrons. The number of rotatable bonds is 5. The lowest BCUT2D eigenvalue weighted by Gasteiger charge is -2.13. The van der Waals surface area contributed by atoms with Crippen LogP contribution in [-0.2, 0) is 10.0 Å². The molecular formula is C11H17N3O2S2. The third-order valence-electron chi connectivity index (χ3n) is 2.23. The van der Waals surface area contributed by atoms with E-state index in [-0.39, 0.29) is 12.3 Å². The standard InChI is InChI=1S/C11H17N3O2S2/c1-14(2)18(15,16)9-8-12-11(17)13-10-6-4-3-5-7-10/h3-7H,8-9H2,1-2H3,(H2,12,13,17). The number of thiocarbonyl (C=S) groups is 1. The molecule has 0 aromatic heterocycles.